The number of amides is 1. The molecule has 0 radical (unpaired) electrons. The normalized spacial score (nSPS) is 11.2. The molecule has 0 spiro atoms. The SMILES string of the molecule is CC(C)(C)c1ccc(Oc2ccc(C(C)(C)C)cc2)cc1.O=C(NCCO)c1cncnc1. The van der Waals surface area contributed by atoms with Crippen molar-refractivity contribution < 1.29 is 14.6 Å². The van der Waals surface area contributed by atoms with Crippen LogP contribution in [0.5, 0.6) is 11.5 Å². The molecule has 6 nitrogen and oxygen atoms in total. The van der Waals surface area contributed by atoms with E-state index in [4.69, 9.17) is 9.84 Å². The van der Waals surface area contributed by atoms with Gasteiger partial charge >= 0.3 is 0 Å². The van der Waals surface area contributed by atoms with Gasteiger partial charge in [-0.1, -0.05) is 65.8 Å². The smallest absolute Gasteiger partial charge is 0.254 e. The van der Waals surface area contributed by atoms with Crippen molar-refractivity contribution >= 4 is 5.91 Å². The Morgan fingerprint density at radius 1 is 0.818 bits per heavy atom. The van der Waals surface area contributed by atoms with E-state index in [1.54, 1.807) is 0 Å². The summed E-state index contributed by atoms with van der Waals surface area (Å²) in [5.41, 5.74) is 3.38. The van der Waals surface area contributed by atoms with Crippen molar-refractivity contribution in [1.29, 1.82) is 0 Å². The Hall–Kier alpha value is -3.25. The molecule has 0 unspecified atom stereocenters. The fraction of sp³-hybridized carbons (Fsp3) is 0.370. The molecule has 2 aromatic carbocycles. The van der Waals surface area contributed by atoms with Gasteiger partial charge in [0, 0.05) is 18.9 Å². The van der Waals surface area contributed by atoms with Crippen LogP contribution in [0.15, 0.2) is 67.3 Å². The highest BCUT2D eigenvalue weighted by atomic mass is 16.5. The maximum absolute atomic E-state index is 11.1. The van der Waals surface area contributed by atoms with Crippen LogP contribution in [0, 0.1) is 0 Å². The van der Waals surface area contributed by atoms with Crippen molar-refractivity contribution in [3.63, 3.8) is 0 Å². The minimum absolute atomic E-state index is 0.0700. The van der Waals surface area contributed by atoms with E-state index in [0.29, 0.717) is 5.56 Å². The summed E-state index contributed by atoms with van der Waals surface area (Å²) in [4.78, 5) is 18.5. The molecule has 0 aliphatic rings. The maximum Gasteiger partial charge on any atom is 0.254 e. The molecule has 1 amide bonds. The van der Waals surface area contributed by atoms with E-state index in [1.807, 2.05) is 24.3 Å². The zero-order valence-corrected chi connectivity index (χ0v) is 20.4. The molecule has 6 heteroatoms. The maximum atomic E-state index is 11.1. The summed E-state index contributed by atoms with van der Waals surface area (Å²) in [6.07, 6.45) is 4.18. The second-order valence-corrected chi connectivity index (χ2v) is 9.76. The second-order valence-electron chi connectivity index (χ2n) is 9.76. The Morgan fingerprint density at radius 3 is 1.61 bits per heavy atom. The van der Waals surface area contributed by atoms with Crippen molar-refractivity contribution in [2.75, 3.05) is 13.2 Å². The van der Waals surface area contributed by atoms with E-state index in [1.165, 1.54) is 29.8 Å². The third kappa shape index (κ3) is 8.66. The zero-order chi connectivity index (χ0) is 24.5. The number of hydrogen-bond acceptors (Lipinski definition) is 5. The number of aliphatic hydroxyl groups excluding tert-OH is 1. The van der Waals surface area contributed by atoms with Crippen LogP contribution in [-0.2, 0) is 10.8 Å². The molecule has 0 aliphatic carbocycles. The Labute approximate surface area is 197 Å². The summed E-state index contributed by atoms with van der Waals surface area (Å²) >= 11 is 0. The number of hydrogen-bond donors (Lipinski definition) is 2. The number of aliphatic hydroxyl groups is 1. The van der Waals surface area contributed by atoms with Crippen molar-refractivity contribution in [3.05, 3.63) is 83.9 Å². The summed E-state index contributed by atoms with van der Waals surface area (Å²) in [6, 6.07) is 16.7. The van der Waals surface area contributed by atoms with Crippen molar-refractivity contribution in [2.45, 2.75) is 52.4 Å². The second kappa shape index (κ2) is 11.6. The van der Waals surface area contributed by atoms with Crippen LogP contribution in [0.2, 0.25) is 0 Å². The lowest BCUT2D eigenvalue weighted by atomic mass is 9.87. The number of rotatable bonds is 5. The molecular weight excluding hydrogens is 414 g/mol. The first kappa shape index (κ1) is 26.0. The van der Waals surface area contributed by atoms with Crippen molar-refractivity contribution in [2.24, 2.45) is 0 Å². The van der Waals surface area contributed by atoms with Crippen LogP contribution in [0.3, 0.4) is 0 Å². The highest BCUT2D eigenvalue weighted by Crippen LogP contribution is 2.29. The first-order valence-electron chi connectivity index (χ1n) is 11.0. The monoisotopic (exact) mass is 449 g/mol. The highest BCUT2D eigenvalue weighted by molar-refractivity contribution is 5.93. The molecule has 0 saturated heterocycles. The van der Waals surface area contributed by atoms with Crippen LogP contribution in [-0.4, -0.2) is 34.1 Å². The van der Waals surface area contributed by atoms with Crippen LogP contribution < -0.4 is 10.1 Å². The van der Waals surface area contributed by atoms with Gasteiger partial charge < -0.3 is 15.2 Å². The lowest BCUT2D eigenvalue weighted by Gasteiger charge is -2.20. The van der Waals surface area contributed by atoms with Gasteiger partial charge in [0.1, 0.15) is 17.8 Å². The van der Waals surface area contributed by atoms with Gasteiger partial charge in [-0.05, 0) is 46.2 Å². The third-order valence-corrected chi connectivity index (χ3v) is 4.90. The van der Waals surface area contributed by atoms with Crippen LogP contribution in [0.4, 0.5) is 0 Å². The van der Waals surface area contributed by atoms with Gasteiger partial charge in [0.2, 0.25) is 0 Å². The first-order valence-corrected chi connectivity index (χ1v) is 11.0. The Kier molecular flexibility index (Phi) is 9.12. The fourth-order valence-corrected chi connectivity index (χ4v) is 2.87. The fourth-order valence-electron chi connectivity index (χ4n) is 2.87. The molecule has 1 heterocycles. The number of ether oxygens (including phenoxy) is 1. The van der Waals surface area contributed by atoms with Gasteiger partial charge in [0.05, 0.1) is 12.2 Å². The molecule has 176 valence electrons. The minimum atomic E-state index is -0.273. The molecule has 0 fully saturated rings. The van der Waals surface area contributed by atoms with Crippen LogP contribution in [0.25, 0.3) is 0 Å². The lowest BCUT2D eigenvalue weighted by Crippen LogP contribution is -2.26. The van der Waals surface area contributed by atoms with Gasteiger partial charge in [-0.3, -0.25) is 4.79 Å². The quantitative estimate of drug-likeness (QED) is 0.554. The Bertz CT molecular complexity index is 933. The number of aromatic nitrogens is 2. The van der Waals surface area contributed by atoms with E-state index in [-0.39, 0.29) is 29.9 Å². The lowest BCUT2D eigenvalue weighted by molar-refractivity contribution is 0.0944. The van der Waals surface area contributed by atoms with Crippen LogP contribution >= 0.6 is 0 Å². The largest absolute Gasteiger partial charge is 0.457 e. The third-order valence-electron chi connectivity index (χ3n) is 4.90. The highest BCUT2D eigenvalue weighted by Gasteiger charge is 2.14. The van der Waals surface area contributed by atoms with E-state index in [9.17, 15) is 4.79 Å². The minimum Gasteiger partial charge on any atom is -0.457 e. The first-order chi connectivity index (χ1) is 15.5. The molecule has 3 rings (SSSR count). The number of carbonyl (C=O) groups is 1. The number of benzene rings is 2. The Balaban J connectivity index is 0.000000273. The topological polar surface area (TPSA) is 84.3 Å². The van der Waals surface area contributed by atoms with Crippen molar-refractivity contribution in [1.82, 2.24) is 15.3 Å². The molecule has 3 aromatic rings. The van der Waals surface area contributed by atoms with Gasteiger partial charge in [-0.2, -0.15) is 0 Å². The van der Waals surface area contributed by atoms with Gasteiger partial charge in [-0.25, -0.2) is 9.97 Å². The molecule has 2 N–H and O–H groups in total. The molecule has 33 heavy (non-hydrogen) atoms. The summed E-state index contributed by atoms with van der Waals surface area (Å²) in [7, 11) is 0. The van der Waals surface area contributed by atoms with Gasteiger partial charge in [-0.15, -0.1) is 0 Å². The Morgan fingerprint density at radius 2 is 1.24 bits per heavy atom. The predicted octanol–water partition coefficient (Wildman–Crippen LogP) is 5.27. The van der Waals surface area contributed by atoms with E-state index >= 15 is 0 Å². The number of nitrogens with one attached hydrogen (secondary N) is 1. The van der Waals surface area contributed by atoms with Crippen molar-refractivity contribution in [3.8, 4) is 11.5 Å². The summed E-state index contributed by atoms with van der Waals surface area (Å²) in [5.74, 6) is 1.49. The summed E-state index contributed by atoms with van der Waals surface area (Å²) in [5, 5.41) is 10.9. The summed E-state index contributed by atoms with van der Waals surface area (Å²) in [6.45, 7) is 13.5. The number of nitrogens with zero attached hydrogens (tertiary/aromatic N) is 2. The molecular formula is C27H35N3O3. The molecule has 0 saturated carbocycles. The summed E-state index contributed by atoms with van der Waals surface area (Å²) < 4.78 is 5.91. The predicted molar refractivity (Wildman–Crippen MR) is 132 cm³/mol. The molecule has 1 aromatic heterocycles. The molecule has 0 aliphatic heterocycles. The van der Waals surface area contributed by atoms with E-state index < -0.39 is 0 Å². The van der Waals surface area contributed by atoms with E-state index in [0.717, 1.165) is 11.5 Å². The standard InChI is InChI=1S/C20H26O.C7H9N3O2/c1-19(2,3)15-7-11-17(12-8-15)21-18-13-9-16(10-14-18)20(4,5)6;11-2-1-10-7(12)6-3-8-5-9-4-6/h7-14H,1-6H3;3-5,11H,1-2H2,(H,10,12). The number of carbonyl (C=O) groups excluding carboxylic acids is 1. The van der Waals surface area contributed by atoms with Gasteiger partial charge in [0.15, 0.2) is 0 Å². The average molecular weight is 450 g/mol. The van der Waals surface area contributed by atoms with E-state index in [2.05, 4.69) is 81.1 Å². The van der Waals surface area contributed by atoms with Gasteiger partial charge in [0.25, 0.3) is 5.91 Å². The zero-order valence-electron chi connectivity index (χ0n) is 20.4. The van der Waals surface area contributed by atoms with Crippen LogP contribution in [0.1, 0.15) is 63.0 Å². The molecule has 0 atom stereocenters. The average Bonchev–Trinajstić information content (AvgIpc) is 2.78. The molecule has 0 bridgehead atoms.